The Morgan fingerprint density at radius 3 is 2.53 bits per heavy atom. The molecule has 0 saturated heterocycles. The molecule has 1 heterocycles. The molecule has 0 bridgehead atoms. The molecule has 102 valence electrons. The Morgan fingerprint density at radius 1 is 1.21 bits per heavy atom. The SMILES string of the molecule is CCNC(C)c1ccc(OCc2ccc(Br)s2)cc1. The molecule has 0 amide bonds. The number of hydrogen-bond donors (Lipinski definition) is 1. The van der Waals surface area contributed by atoms with Crippen molar-refractivity contribution in [2.75, 3.05) is 6.54 Å². The lowest BCUT2D eigenvalue weighted by Crippen LogP contribution is -2.17. The van der Waals surface area contributed by atoms with Crippen molar-refractivity contribution >= 4 is 27.3 Å². The van der Waals surface area contributed by atoms with Crippen LogP contribution in [0.1, 0.15) is 30.3 Å². The Hall–Kier alpha value is -0.840. The fraction of sp³-hybridized carbons (Fsp3) is 0.333. The Balaban J connectivity index is 1.91. The zero-order valence-corrected chi connectivity index (χ0v) is 13.6. The third kappa shape index (κ3) is 4.34. The highest BCUT2D eigenvalue weighted by Crippen LogP contribution is 2.24. The lowest BCUT2D eigenvalue weighted by atomic mass is 10.1. The molecule has 1 aromatic carbocycles. The van der Waals surface area contributed by atoms with Crippen LogP contribution < -0.4 is 10.1 Å². The van der Waals surface area contributed by atoms with Gasteiger partial charge in [-0.25, -0.2) is 0 Å². The van der Waals surface area contributed by atoms with Gasteiger partial charge in [0, 0.05) is 10.9 Å². The molecule has 0 saturated carbocycles. The van der Waals surface area contributed by atoms with Crippen molar-refractivity contribution in [2.45, 2.75) is 26.5 Å². The summed E-state index contributed by atoms with van der Waals surface area (Å²) < 4.78 is 6.91. The number of rotatable bonds is 6. The van der Waals surface area contributed by atoms with Crippen LogP contribution in [0.15, 0.2) is 40.2 Å². The normalized spacial score (nSPS) is 12.4. The third-order valence-electron chi connectivity index (χ3n) is 2.90. The van der Waals surface area contributed by atoms with Gasteiger partial charge in [0.15, 0.2) is 0 Å². The number of nitrogens with one attached hydrogen (secondary N) is 1. The molecule has 1 N–H and O–H groups in total. The summed E-state index contributed by atoms with van der Waals surface area (Å²) in [5, 5.41) is 3.40. The van der Waals surface area contributed by atoms with E-state index in [0.29, 0.717) is 12.6 Å². The Labute approximate surface area is 126 Å². The molecule has 4 heteroatoms. The van der Waals surface area contributed by atoms with E-state index in [1.165, 1.54) is 10.4 Å². The van der Waals surface area contributed by atoms with Gasteiger partial charge in [0.05, 0.1) is 3.79 Å². The van der Waals surface area contributed by atoms with Gasteiger partial charge in [0.25, 0.3) is 0 Å². The Morgan fingerprint density at radius 2 is 1.95 bits per heavy atom. The van der Waals surface area contributed by atoms with Gasteiger partial charge in [-0.15, -0.1) is 11.3 Å². The zero-order chi connectivity index (χ0) is 13.7. The number of ether oxygens (including phenoxy) is 1. The Bertz CT molecular complexity index is 509. The lowest BCUT2D eigenvalue weighted by molar-refractivity contribution is 0.309. The molecule has 2 nitrogen and oxygen atoms in total. The molecule has 0 aliphatic carbocycles. The smallest absolute Gasteiger partial charge is 0.122 e. The maximum atomic E-state index is 5.77. The van der Waals surface area contributed by atoms with E-state index in [4.69, 9.17) is 4.74 Å². The van der Waals surface area contributed by atoms with Crippen molar-refractivity contribution in [1.29, 1.82) is 0 Å². The molecule has 0 radical (unpaired) electrons. The van der Waals surface area contributed by atoms with E-state index in [2.05, 4.69) is 53.3 Å². The maximum absolute atomic E-state index is 5.77. The van der Waals surface area contributed by atoms with Gasteiger partial charge < -0.3 is 10.1 Å². The number of thiophene rings is 1. The molecule has 2 rings (SSSR count). The van der Waals surface area contributed by atoms with Crippen molar-refractivity contribution in [3.8, 4) is 5.75 Å². The molecular weight excluding hydrogens is 322 g/mol. The molecule has 2 aromatic rings. The predicted molar refractivity (Wildman–Crippen MR) is 84.9 cm³/mol. The van der Waals surface area contributed by atoms with Crippen LogP contribution in [0, 0.1) is 0 Å². The fourth-order valence-electron chi connectivity index (χ4n) is 1.86. The van der Waals surface area contributed by atoms with Crippen LogP contribution in [0.3, 0.4) is 0 Å². The second-order valence-corrected chi connectivity index (χ2v) is 6.89. The topological polar surface area (TPSA) is 21.3 Å². The largest absolute Gasteiger partial charge is 0.488 e. The summed E-state index contributed by atoms with van der Waals surface area (Å²) in [6, 6.07) is 12.8. The number of hydrogen-bond acceptors (Lipinski definition) is 3. The second kappa shape index (κ2) is 7.08. The van der Waals surface area contributed by atoms with Crippen LogP contribution in [-0.4, -0.2) is 6.54 Å². The van der Waals surface area contributed by atoms with Gasteiger partial charge in [-0.2, -0.15) is 0 Å². The summed E-state index contributed by atoms with van der Waals surface area (Å²) in [7, 11) is 0. The molecule has 1 aromatic heterocycles. The summed E-state index contributed by atoms with van der Waals surface area (Å²) in [4.78, 5) is 1.22. The van der Waals surface area contributed by atoms with Gasteiger partial charge in [0.1, 0.15) is 12.4 Å². The van der Waals surface area contributed by atoms with Crippen molar-refractivity contribution in [3.05, 3.63) is 50.6 Å². The molecule has 1 unspecified atom stereocenters. The van der Waals surface area contributed by atoms with E-state index in [9.17, 15) is 0 Å². The van der Waals surface area contributed by atoms with Gasteiger partial charge in [-0.3, -0.25) is 0 Å². The fourth-order valence-corrected chi connectivity index (χ4v) is 3.26. The average Bonchev–Trinajstić information content (AvgIpc) is 2.83. The first-order valence-electron chi connectivity index (χ1n) is 6.39. The van der Waals surface area contributed by atoms with Gasteiger partial charge in [-0.1, -0.05) is 19.1 Å². The van der Waals surface area contributed by atoms with Crippen molar-refractivity contribution in [3.63, 3.8) is 0 Å². The van der Waals surface area contributed by atoms with Crippen LogP contribution in [0.5, 0.6) is 5.75 Å². The quantitative estimate of drug-likeness (QED) is 0.819. The van der Waals surface area contributed by atoms with E-state index in [1.807, 2.05) is 18.2 Å². The highest BCUT2D eigenvalue weighted by Gasteiger charge is 2.04. The summed E-state index contributed by atoms with van der Waals surface area (Å²) in [6.45, 7) is 5.89. The molecule has 0 aliphatic rings. The molecule has 0 aliphatic heterocycles. The van der Waals surface area contributed by atoms with Crippen molar-refractivity contribution in [1.82, 2.24) is 5.32 Å². The minimum Gasteiger partial charge on any atom is -0.488 e. The van der Waals surface area contributed by atoms with Crippen LogP contribution in [0.4, 0.5) is 0 Å². The Kier molecular flexibility index (Phi) is 5.43. The summed E-state index contributed by atoms with van der Waals surface area (Å²) in [5.74, 6) is 0.914. The van der Waals surface area contributed by atoms with Gasteiger partial charge in [0.2, 0.25) is 0 Å². The second-order valence-electron chi connectivity index (χ2n) is 4.34. The van der Waals surface area contributed by atoms with E-state index in [1.54, 1.807) is 11.3 Å². The molecule has 19 heavy (non-hydrogen) atoms. The van der Waals surface area contributed by atoms with Gasteiger partial charge >= 0.3 is 0 Å². The summed E-state index contributed by atoms with van der Waals surface area (Å²) >= 11 is 5.16. The van der Waals surface area contributed by atoms with Crippen LogP contribution >= 0.6 is 27.3 Å². The highest BCUT2D eigenvalue weighted by atomic mass is 79.9. The number of halogens is 1. The van der Waals surface area contributed by atoms with Gasteiger partial charge in [-0.05, 0) is 59.2 Å². The van der Waals surface area contributed by atoms with E-state index >= 15 is 0 Å². The summed E-state index contributed by atoms with van der Waals surface area (Å²) in [6.07, 6.45) is 0. The van der Waals surface area contributed by atoms with E-state index < -0.39 is 0 Å². The van der Waals surface area contributed by atoms with Crippen molar-refractivity contribution in [2.24, 2.45) is 0 Å². The first kappa shape index (κ1) is 14.6. The predicted octanol–water partition coefficient (Wildman–Crippen LogP) is 4.76. The minimum atomic E-state index is 0.382. The standard InChI is InChI=1S/C15H18BrNOS/c1-3-17-11(2)12-4-6-13(7-5-12)18-10-14-8-9-15(16)19-14/h4-9,11,17H,3,10H2,1-2H3. The molecular formula is C15H18BrNOS. The lowest BCUT2D eigenvalue weighted by Gasteiger charge is -2.13. The first-order valence-corrected chi connectivity index (χ1v) is 8.00. The van der Waals surface area contributed by atoms with Crippen molar-refractivity contribution < 1.29 is 4.74 Å². The minimum absolute atomic E-state index is 0.382. The van der Waals surface area contributed by atoms with Crippen LogP contribution in [-0.2, 0) is 6.61 Å². The first-order chi connectivity index (χ1) is 9.19. The monoisotopic (exact) mass is 339 g/mol. The van der Waals surface area contributed by atoms with E-state index in [0.717, 1.165) is 16.1 Å². The van der Waals surface area contributed by atoms with Crippen LogP contribution in [0.2, 0.25) is 0 Å². The molecule has 0 spiro atoms. The number of benzene rings is 1. The highest BCUT2D eigenvalue weighted by molar-refractivity contribution is 9.11. The van der Waals surface area contributed by atoms with Crippen LogP contribution in [0.25, 0.3) is 0 Å². The molecule has 1 atom stereocenters. The third-order valence-corrected chi connectivity index (χ3v) is 4.50. The van der Waals surface area contributed by atoms with E-state index in [-0.39, 0.29) is 0 Å². The average molecular weight is 340 g/mol. The maximum Gasteiger partial charge on any atom is 0.122 e. The zero-order valence-electron chi connectivity index (χ0n) is 11.2. The molecule has 0 fully saturated rings. The summed E-state index contributed by atoms with van der Waals surface area (Å²) in [5.41, 5.74) is 1.29.